The third-order valence-electron chi connectivity index (χ3n) is 2.65. The van der Waals surface area contributed by atoms with Crippen molar-refractivity contribution in [2.24, 2.45) is 0 Å². The van der Waals surface area contributed by atoms with Crippen molar-refractivity contribution in [2.75, 3.05) is 4.90 Å². The molecule has 0 aliphatic rings. The van der Waals surface area contributed by atoms with Gasteiger partial charge >= 0.3 is 6.18 Å². The van der Waals surface area contributed by atoms with E-state index in [0.29, 0.717) is 11.4 Å². The first-order valence-corrected chi connectivity index (χ1v) is 6.24. The van der Waals surface area contributed by atoms with Crippen LogP contribution in [0.25, 0.3) is 0 Å². The molecule has 0 spiro atoms. The van der Waals surface area contributed by atoms with Gasteiger partial charge in [0.15, 0.2) is 0 Å². The summed E-state index contributed by atoms with van der Waals surface area (Å²) in [5.74, 6) is 0. The molecule has 1 rings (SSSR count). The van der Waals surface area contributed by atoms with Crippen LogP contribution in [0.1, 0.15) is 31.4 Å². The molecule has 1 N–H and O–H groups in total. The fourth-order valence-electron chi connectivity index (χ4n) is 1.75. The maximum absolute atomic E-state index is 12.9. The fraction of sp³-hybridized carbons (Fsp3) is 0.385. The molecule has 0 fully saturated rings. The zero-order chi connectivity index (χ0) is 15.5. The summed E-state index contributed by atoms with van der Waals surface area (Å²) in [6.45, 7) is 3.15. The topological polar surface area (TPSA) is 47.3 Å². The van der Waals surface area contributed by atoms with Crippen molar-refractivity contribution in [3.05, 3.63) is 29.3 Å². The molecule has 3 nitrogen and oxygen atoms in total. The van der Waals surface area contributed by atoms with Crippen molar-refractivity contribution in [1.29, 1.82) is 5.26 Å². The fourth-order valence-corrected chi connectivity index (χ4v) is 2.01. The molecule has 1 atom stereocenters. The van der Waals surface area contributed by atoms with Crippen LogP contribution in [0.2, 0.25) is 0 Å². The van der Waals surface area contributed by atoms with E-state index in [9.17, 15) is 18.3 Å². The molecule has 1 aromatic rings. The standard InChI is InChI=1S/C13H13F3N2OS/c1-3-12(20)18(8(2)19)10-5-4-9(7-17)11(6-10)13(14,15)16/h4-6,8,19H,3H2,1-2H3. The average molecular weight is 302 g/mol. The Morgan fingerprint density at radius 1 is 1.50 bits per heavy atom. The Bertz CT molecular complexity index is 550. The van der Waals surface area contributed by atoms with Gasteiger partial charge in [-0.15, -0.1) is 0 Å². The van der Waals surface area contributed by atoms with Crippen LogP contribution in [0, 0.1) is 11.3 Å². The van der Waals surface area contributed by atoms with E-state index >= 15 is 0 Å². The molecule has 20 heavy (non-hydrogen) atoms. The number of halogens is 3. The van der Waals surface area contributed by atoms with Crippen LogP contribution in [-0.4, -0.2) is 16.3 Å². The van der Waals surface area contributed by atoms with E-state index in [2.05, 4.69) is 0 Å². The lowest BCUT2D eigenvalue weighted by molar-refractivity contribution is -0.137. The lowest BCUT2D eigenvalue weighted by Gasteiger charge is -2.28. The molecule has 0 amide bonds. The number of alkyl halides is 3. The SMILES string of the molecule is CCC(=S)N(c1ccc(C#N)c(C(F)(F)F)c1)C(C)O. The molecule has 0 aromatic heterocycles. The number of rotatable bonds is 3. The largest absolute Gasteiger partial charge is 0.417 e. The Morgan fingerprint density at radius 2 is 2.10 bits per heavy atom. The van der Waals surface area contributed by atoms with Crippen molar-refractivity contribution < 1.29 is 18.3 Å². The zero-order valence-electron chi connectivity index (χ0n) is 10.9. The first kappa shape index (κ1) is 16.4. The van der Waals surface area contributed by atoms with Crippen molar-refractivity contribution in [2.45, 2.75) is 32.7 Å². The minimum absolute atomic E-state index is 0.109. The van der Waals surface area contributed by atoms with Crippen LogP contribution in [-0.2, 0) is 6.18 Å². The number of thiocarbonyl (C=S) groups is 1. The summed E-state index contributed by atoms with van der Waals surface area (Å²) in [6, 6.07) is 4.74. The number of nitrogens with zero attached hydrogens (tertiary/aromatic N) is 2. The minimum atomic E-state index is -4.64. The van der Waals surface area contributed by atoms with Crippen molar-refractivity contribution in [3.8, 4) is 6.07 Å². The van der Waals surface area contributed by atoms with Gasteiger partial charge in [0.05, 0.1) is 22.2 Å². The number of nitriles is 1. The average Bonchev–Trinajstić information content (AvgIpc) is 2.37. The molecule has 0 bridgehead atoms. The predicted molar refractivity (Wildman–Crippen MR) is 73.2 cm³/mol. The second kappa shape index (κ2) is 6.20. The lowest BCUT2D eigenvalue weighted by atomic mass is 10.1. The van der Waals surface area contributed by atoms with Gasteiger partial charge in [-0.05, 0) is 31.5 Å². The van der Waals surface area contributed by atoms with Crippen molar-refractivity contribution >= 4 is 22.9 Å². The Labute approximate surface area is 120 Å². The van der Waals surface area contributed by atoms with Crippen LogP contribution >= 0.6 is 12.2 Å². The normalized spacial score (nSPS) is 12.7. The Balaban J connectivity index is 3.40. The predicted octanol–water partition coefficient (Wildman–Crippen LogP) is 3.46. The van der Waals surface area contributed by atoms with Crippen LogP contribution in [0.3, 0.4) is 0 Å². The van der Waals surface area contributed by atoms with Crippen molar-refractivity contribution in [3.63, 3.8) is 0 Å². The summed E-state index contributed by atoms with van der Waals surface area (Å²) in [6.07, 6.45) is -5.29. The zero-order valence-corrected chi connectivity index (χ0v) is 11.7. The molecule has 0 saturated carbocycles. The second-order valence-electron chi connectivity index (χ2n) is 4.09. The highest BCUT2D eigenvalue weighted by Crippen LogP contribution is 2.34. The highest BCUT2D eigenvalue weighted by Gasteiger charge is 2.34. The maximum atomic E-state index is 12.9. The number of hydrogen-bond acceptors (Lipinski definition) is 3. The number of benzene rings is 1. The van der Waals surface area contributed by atoms with E-state index in [4.69, 9.17) is 17.5 Å². The summed E-state index contributed by atoms with van der Waals surface area (Å²) in [5.41, 5.74) is -1.39. The van der Waals surface area contributed by atoms with E-state index in [1.165, 1.54) is 24.0 Å². The summed E-state index contributed by atoms with van der Waals surface area (Å²) < 4.78 is 38.7. The summed E-state index contributed by atoms with van der Waals surface area (Å²) in [7, 11) is 0. The van der Waals surface area contributed by atoms with E-state index in [1.807, 2.05) is 0 Å². The molecule has 7 heteroatoms. The monoisotopic (exact) mass is 302 g/mol. The van der Waals surface area contributed by atoms with Crippen LogP contribution in [0.4, 0.5) is 18.9 Å². The Kier molecular flexibility index (Phi) is 5.09. The third-order valence-corrected chi connectivity index (χ3v) is 3.14. The molecule has 1 aromatic carbocycles. The minimum Gasteiger partial charge on any atom is -0.374 e. The second-order valence-corrected chi connectivity index (χ2v) is 4.56. The summed E-state index contributed by atoms with van der Waals surface area (Å²) in [4.78, 5) is 1.55. The summed E-state index contributed by atoms with van der Waals surface area (Å²) >= 11 is 5.05. The molecule has 0 aliphatic carbocycles. The van der Waals surface area contributed by atoms with E-state index in [0.717, 1.165) is 12.1 Å². The van der Waals surface area contributed by atoms with Crippen molar-refractivity contribution in [1.82, 2.24) is 0 Å². The Morgan fingerprint density at radius 3 is 2.50 bits per heavy atom. The van der Waals surface area contributed by atoms with E-state index < -0.39 is 23.5 Å². The molecule has 0 radical (unpaired) electrons. The van der Waals surface area contributed by atoms with Gasteiger partial charge in [0, 0.05) is 5.69 Å². The molecular formula is C13H13F3N2OS. The maximum Gasteiger partial charge on any atom is 0.417 e. The molecule has 1 unspecified atom stereocenters. The Hall–Kier alpha value is -1.65. The van der Waals surface area contributed by atoms with Gasteiger partial charge in [-0.1, -0.05) is 19.1 Å². The van der Waals surface area contributed by atoms with Gasteiger partial charge in [-0.25, -0.2) is 0 Å². The molecule has 0 saturated heterocycles. The van der Waals surface area contributed by atoms with Gasteiger partial charge in [-0.2, -0.15) is 18.4 Å². The van der Waals surface area contributed by atoms with Crippen LogP contribution < -0.4 is 4.90 Å². The van der Waals surface area contributed by atoms with Gasteiger partial charge in [0.1, 0.15) is 6.23 Å². The van der Waals surface area contributed by atoms with E-state index in [-0.39, 0.29) is 5.69 Å². The molecule has 0 aliphatic heterocycles. The van der Waals surface area contributed by atoms with Gasteiger partial charge in [-0.3, -0.25) is 0 Å². The van der Waals surface area contributed by atoms with Gasteiger partial charge in [0.2, 0.25) is 0 Å². The highest BCUT2D eigenvalue weighted by molar-refractivity contribution is 7.80. The lowest BCUT2D eigenvalue weighted by Crippen LogP contribution is -2.37. The molecule has 0 heterocycles. The third kappa shape index (κ3) is 3.46. The number of aliphatic hydroxyl groups excluding tert-OH is 1. The van der Waals surface area contributed by atoms with Crippen LogP contribution in [0.5, 0.6) is 0 Å². The van der Waals surface area contributed by atoms with E-state index in [1.54, 1.807) is 6.92 Å². The van der Waals surface area contributed by atoms with Gasteiger partial charge < -0.3 is 10.0 Å². The van der Waals surface area contributed by atoms with Gasteiger partial charge in [0.25, 0.3) is 0 Å². The number of anilines is 1. The highest BCUT2D eigenvalue weighted by atomic mass is 32.1. The van der Waals surface area contributed by atoms with Crippen LogP contribution in [0.15, 0.2) is 18.2 Å². The molecular weight excluding hydrogens is 289 g/mol. The number of aliphatic hydroxyl groups is 1. The first-order chi connectivity index (χ1) is 9.22. The first-order valence-electron chi connectivity index (χ1n) is 5.83. The number of hydrogen-bond donors (Lipinski definition) is 1. The quantitative estimate of drug-likeness (QED) is 0.686. The smallest absolute Gasteiger partial charge is 0.374 e. The molecule has 108 valence electrons. The summed E-state index contributed by atoms with van der Waals surface area (Å²) in [5, 5.41) is 18.4.